The molecule has 0 saturated heterocycles. The number of hydrogen-bond donors (Lipinski definition) is 1. The van der Waals surface area contributed by atoms with Crippen molar-refractivity contribution in [1.82, 2.24) is 0 Å². The molecule has 0 bridgehead atoms. The average Bonchev–Trinajstić information content (AvgIpc) is 2.74. The molecule has 1 aromatic carbocycles. The highest BCUT2D eigenvalue weighted by Gasteiger charge is 2.28. The number of H-pyrrole nitrogens is 1. The summed E-state index contributed by atoms with van der Waals surface area (Å²) in [7, 11) is 0. The number of esters is 1. The van der Waals surface area contributed by atoms with E-state index in [0.29, 0.717) is 10.9 Å². The third-order valence-corrected chi connectivity index (χ3v) is 3.67. The first-order chi connectivity index (χ1) is 8.15. The molecule has 0 fully saturated rings. The van der Waals surface area contributed by atoms with Crippen LogP contribution in [0.25, 0.3) is 11.3 Å². The van der Waals surface area contributed by atoms with E-state index < -0.39 is 0 Å². The number of thiazole rings is 1. The number of aromatic amines is 1. The Hall–Kier alpha value is -1.15. The van der Waals surface area contributed by atoms with Gasteiger partial charge in [0, 0.05) is 24.5 Å². The molecule has 1 heterocycles. The summed E-state index contributed by atoms with van der Waals surface area (Å²) < 4.78 is 5.21. The fourth-order valence-electron chi connectivity index (χ4n) is 2.14. The first kappa shape index (κ1) is 13.3. The second-order valence-electron chi connectivity index (χ2n) is 3.94. The SMILES string of the molecule is CC(=O)Oc1cccc2c1Cc1sc(N)[nH+]c1-2.[I-]. The number of nitrogen functional groups attached to an aromatic ring is 1. The number of carbonyl (C=O) groups excluding carboxylic acids is 1. The van der Waals surface area contributed by atoms with Crippen LogP contribution in [0, 0.1) is 0 Å². The van der Waals surface area contributed by atoms with Gasteiger partial charge in [0.2, 0.25) is 0 Å². The zero-order chi connectivity index (χ0) is 12.0. The van der Waals surface area contributed by atoms with Crippen molar-refractivity contribution >= 4 is 22.4 Å². The topological polar surface area (TPSA) is 66.5 Å². The highest BCUT2D eigenvalue weighted by atomic mass is 127. The number of benzene rings is 1. The molecule has 0 unspecified atom stereocenters. The van der Waals surface area contributed by atoms with Gasteiger partial charge >= 0.3 is 11.1 Å². The highest BCUT2D eigenvalue weighted by molar-refractivity contribution is 7.15. The van der Waals surface area contributed by atoms with Crippen molar-refractivity contribution in [3.8, 4) is 17.0 Å². The molecule has 0 radical (unpaired) electrons. The normalized spacial score (nSPS) is 11.4. The summed E-state index contributed by atoms with van der Waals surface area (Å²) in [5.41, 5.74) is 8.93. The largest absolute Gasteiger partial charge is 1.00 e. The number of nitrogens with two attached hydrogens (primary N) is 1. The third-order valence-electron chi connectivity index (χ3n) is 2.75. The molecule has 1 aliphatic carbocycles. The first-order valence-corrected chi connectivity index (χ1v) is 6.08. The van der Waals surface area contributed by atoms with Crippen LogP contribution >= 0.6 is 11.3 Å². The number of ether oxygens (including phenoxy) is 1. The van der Waals surface area contributed by atoms with Crippen LogP contribution < -0.4 is 39.4 Å². The molecule has 6 heteroatoms. The molecule has 4 nitrogen and oxygen atoms in total. The summed E-state index contributed by atoms with van der Waals surface area (Å²) in [4.78, 5) is 15.4. The summed E-state index contributed by atoms with van der Waals surface area (Å²) >= 11 is 1.54. The molecular weight excluding hydrogens is 363 g/mol. The van der Waals surface area contributed by atoms with Crippen LogP contribution in [0.1, 0.15) is 17.4 Å². The smallest absolute Gasteiger partial charge is 0.330 e. The van der Waals surface area contributed by atoms with Crippen LogP contribution in [-0.2, 0) is 11.2 Å². The fraction of sp³-hybridized carbons (Fsp3) is 0.167. The fourth-order valence-corrected chi connectivity index (χ4v) is 3.04. The molecule has 1 aliphatic rings. The molecular formula is C12H11IN2O2S. The van der Waals surface area contributed by atoms with Gasteiger partial charge in [0.1, 0.15) is 11.4 Å². The van der Waals surface area contributed by atoms with Gasteiger partial charge < -0.3 is 28.7 Å². The quantitative estimate of drug-likeness (QED) is 0.325. The molecule has 0 atom stereocenters. The molecule has 3 rings (SSSR count). The molecule has 2 aromatic rings. The van der Waals surface area contributed by atoms with Gasteiger partial charge in [-0.05, 0) is 6.07 Å². The van der Waals surface area contributed by atoms with Crippen molar-refractivity contribution in [1.29, 1.82) is 0 Å². The molecule has 18 heavy (non-hydrogen) atoms. The zero-order valence-electron chi connectivity index (χ0n) is 9.62. The van der Waals surface area contributed by atoms with Crippen LogP contribution in [0.15, 0.2) is 18.2 Å². The van der Waals surface area contributed by atoms with Gasteiger partial charge in [-0.3, -0.25) is 10.5 Å². The summed E-state index contributed by atoms with van der Waals surface area (Å²) in [5, 5.41) is 0.707. The van der Waals surface area contributed by atoms with E-state index in [1.165, 1.54) is 11.8 Å². The maximum absolute atomic E-state index is 11.0. The Kier molecular flexibility index (Phi) is 3.58. The third kappa shape index (κ3) is 2.10. The van der Waals surface area contributed by atoms with E-state index in [1.807, 2.05) is 18.2 Å². The van der Waals surface area contributed by atoms with Crippen LogP contribution in [0.5, 0.6) is 5.75 Å². The Labute approximate surface area is 125 Å². The lowest BCUT2D eigenvalue weighted by Crippen LogP contribution is -3.00. The van der Waals surface area contributed by atoms with E-state index >= 15 is 0 Å². The van der Waals surface area contributed by atoms with Gasteiger partial charge in [-0.25, -0.2) is 4.98 Å². The van der Waals surface area contributed by atoms with Gasteiger partial charge in [-0.2, -0.15) is 0 Å². The van der Waals surface area contributed by atoms with Crippen LogP contribution in [-0.4, -0.2) is 5.97 Å². The van der Waals surface area contributed by atoms with Crippen molar-refractivity contribution in [2.24, 2.45) is 0 Å². The van der Waals surface area contributed by atoms with E-state index in [2.05, 4.69) is 4.98 Å². The number of rotatable bonds is 1. The maximum Gasteiger partial charge on any atom is 0.330 e. The monoisotopic (exact) mass is 374 g/mol. The molecule has 0 aliphatic heterocycles. The van der Waals surface area contributed by atoms with E-state index in [9.17, 15) is 4.79 Å². The van der Waals surface area contributed by atoms with Crippen molar-refractivity contribution in [2.75, 3.05) is 5.73 Å². The summed E-state index contributed by atoms with van der Waals surface area (Å²) in [6.45, 7) is 1.41. The van der Waals surface area contributed by atoms with Gasteiger partial charge in [0.05, 0.1) is 4.88 Å². The van der Waals surface area contributed by atoms with Crippen molar-refractivity contribution < 1.29 is 38.5 Å². The molecule has 0 amide bonds. The minimum absolute atomic E-state index is 0. The summed E-state index contributed by atoms with van der Waals surface area (Å²) in [5.74, 6) is 0.350. The standard InChI is InChI=1S/C12H10N2O2S.HI/c1-6(15)16-9-4-2-3-7-8(9)5-10-11(7)14-12(13)17-10;/h2-4H,5H2,1H3,(H2,13,14);1H. The molecule has 1 aromatic heterocycles. The summed E-state index contributed by atoms with van der Waals surface area (Å²) in [6, 6.07) is 5.71. The number of halogens is 1. The highest BCUT2D eigenvalue weighted by Crippen LogP contribution is 2.41. The van der Waals surface area contributed by atoms with E-state index in [-0.39, 0.29) is 29.9 Å². The van der Waals surface area contributed by atoms with Gasteiger partial charge in [0.15, 0.2) is 0 Å². The number of anilines is 1. The lowest BCUT2D eigenvalue weighted by Gasteiger charge is -2.06. The number of fused-ring (bicyclic) bond motifs is 3. The minimum Gasteiger partial charge on any atom is -1.00 e. The summed E-state index contributed by atoms with van der Waals surface area (Å²) in [6.07, 6.45) is 0.770. The van der Waals surface area contributed by atoms with Gasteiger partial charge in [-0.15, -0.1) is 0 Å². The number of hydrogen-bond acceptors (Lipinski definition) is 4. The lowest BCUT2D eigenvalue weighted by molar-refractivity contribution is -0.340. The van der Waals surface area contributed by atoms with Crippen molar-refractivity contribution in [3.63, 3.8) is 0 Å². The minimum atomic E-state index is -0.294. The van der Waals surface area contributed by atoms with E-state index in [0.717, 1.165) is 23.2 Å². The van der Waals surface area contributed by atoms with Gasteiger partial charge in [-0.1, -0.05) is 23.5 Å². The van der Waals surface area contributed by atoms with Crippen molar-refractivity contribution in [3.05, 3.63) is 28.6 Å². The molecule has 3 N–H and O–H groups in total. The Morgan fingerprint density at radius 3 is 3.00 bits per heavy atom. The lowest BCUT2D eigenvalue weighted by atomic mass is 10.1. The number of carbonyl (C=O) groups is 1. The molecule has 94 valence electrons. The maximum atomic E-state index is 11.0. The Bertz CT molecular complexity index is 625. The Morgan fingerprint density at radius 1 is 1.50 bits per heavy atom. The van der Waals surface area contributed by atoms with Crippen LogP contribution in [0.4, 0.5) is 5.13 Å². The zero-order valence-corrected chi connectivity index (χ0v) is 12.6. The molecule has 0 saturated carbocycles. The van der Waals surface area contributed by atoms with Crippen molar-refractivity contribution in [2.45, 2.75) is 13.3 Å². The van der Waals surface area contributed by atoms with E-state index in [4.69, 9.17) is 10.5 Å². The second kappa shape index (κ2) is 4.85. The first-order valence-electron chi connectivity index (χ1n) is 5.26. The van der Waals surface area contributed by atoms with Crippen LogP contribution in [0.2, 0.25) is 0 Å². The number of aromatic nitrogens is 1. The molecule has 0 spiro atoms. The van der Waals surface area contributed by atoms with E-state index in [1.54, 1.807) is 11.3 Å². The number of nitrogens with one attached hydrogen (secondary N) is 1. The van der Waals surface area contributed by atoms with Crippen LogP contribution in [0.3, 0.4) is 0 Å². The average molecular weight is 374 g/mol. The Morgan fingerprint density at radius 2 is 2.28 bits per heavy atom. The predicted molar refractivity (Wildman–Crippen MR) is 64.8 cm³/mol. The Balaban J connectivity index is 0.00000120. The van der Waals surface area contributed by atoms with Gasteiger partial charge in [0.25, 0.3) is 0 Å². The predicted octanol–water partition coefficient (Wildman–Crippen LogP) is -1.36. The second-order valence-corrected chi connectivity index (χ2v) is 5.08.